The van der Waals surface area contributed by atoms with Crippen molar-refractivity contribution in [2.45, 2.75) is 78.2 Å². The van der Waals surface area contributed by atoms with Gasteiger partial charge in [0.1, 0.15) is 15.9 Å². The predicted molar refractivity (Wildman–Crippen MR) is 161 cm³/mol. The van der Waals surface area contributed by atoms with Crippen LogP contribution in [0.3, 0.4) is 0 Å². The second kappa shape index (κ2) is 15.7. The Kier molecular flexibility index (Phi) is 13.0. The smallest absolute Gasteiger partial charge is 0.326 e. The zero-order valence-electron chi connectivity index (χ0n) is 24.5. The molecule has 1 atom stereocenters. The minimum atomic E-state index is -3.05. The number of rotatable bonds is 12. The molecule has 2 aromatic rings. The van der Waals surface area contributed by atoms with Gasteiger partial charge in [0.2, 0.25) is 5.91 Å². The van der Waals surface area contributed by atoms with E-state index in [4.69, 9.17) is 5.11 Å². The van der Waals surface area contributed by atoms with Crippen LogP contribution in [-0.4, -0.2) is 61.1 Å². The Morgan fingerprint density at radius 3 is 2.05 bits per heavy atom. The van der Waals surface area contributed by atoms with E-state index in [2.05, 4.69) is 10.6 Å². The van der Waals surface area contributed by atoms with Gasteiger partial charge in [-0.05, 0) is 75.3 Å². The third-order valence-corrected chi connectivity index (χ3v) is 8.46. The summed E-state index contributed by atoms with van der Waals surface area (Å²) >= 11 is 0. The topological polar surface area (TPSA) is 150 Å². The van der Waals surface area contributed by atoms with Crippen LogP contribution in [-0.2, 0) is 25.8 Å². The second-order valence-electron chi connectivity index (χ2n) is 10.9. The lowest BCUT2D eigenvalue weighted by Crippen LogP contribution is -2.48. The lowest BCUT2D eigenvalue weighted by Gasteiger charge is -2.29. The van der Waals surface area contributed by atoms with Crippen molar-refractivity contribution in [3.8, 4) is 0 Å². The van der Waals surface area contributed by atoms with Gasteiger partial charge in [-0.15, -0.1) is 0 Å². The number of hydrogen-bond donors (Lipinski definition) is 4. The first-order valence-electron chi connectivity index (χ1n) is 14.1. The minimum absolute atomic E-state index is 0.0868. The Labute approximate surface area is 243 Å². The van der Waals surface area contributed by atoms with E-state index in [1.807, 2.05) is 32.0 Å². The molecule has 10 heteroatoms. The maximum Gasteiger partial charge on any atom is 0.326 e. The molecule has 9 nitrogen and oxygen atoms in total. The van der Waals surface area contributed by atoms with Crippen LogP contribution in [0, 0.1) is 19.3 Å². The first-order valence-corrected chi connectivity index (χ1v) is 16.2. The number of anilines is 1. The minimum Gasteiger partial charge on any atom is -0.480 e. The normalized spacial score (nSPS) is 14.9. The molecule has 0 aliphatic heterocycles. The number of sulfone groups is 1. The van der Waals surface area contributed by atoms with E-state index in [-0.39, 0.29) is 30.6 Å². The Bertz CT molecular complexity index is 1260. The number of aliphatic carboxylic acids is 1. The summed E-state index contributed by atoms with van der Waals surface area (Å²) < 4.78 is 22.9. The van der Waals surface area contributed by atoms with Crippen molar-refractivity contribution in [1.29, 1.82) is 0 Å². The molecule has 226 valence electrons. The molecule has 1 fully saturated rings. The maximum absolute atomic E-state index is 13.3. The highest BCUT2D eigenvalue weighted by atomic mass is 32.2. The summed E-state index contributed by atoms with van der Waals surface area (Å²) in [6.07, 6.45) is 6.10. The fourth-order valence-electron chi connectivity index (χ4n) is 5.31. The van der Waals surface area contributed by atoms with Crippen LogP contribution >= 0.6 is 0 Å². The fraction of sp³-hybridized carbons (Fsp3) is 0.516. The Morgan fingerprint density at radius 1 is 0.976 bits per heavy atom. The number of carbonyl (C=O) groups excluding carboxylic acids is 2. The van der Waals surface area contributed by atoms with E-state index in [0.717, 1.165) is 29.5 Å². The standard InChI is InChI=1S/C29H38N2O6S.C2H6O/c1-20-9-8-10-21(2)25(20)26(32)30-23-13-11-22(12-14-23)19-24(27(33)34)31-28(35)29(15-4-5-16-29)17-6-7-18-38(3,36)37;1-2-3/h8-14,24H,4-7,15-19H2,1-3H3,(H,30,32)(H,31,35)(H,33,34);3H,2H2,1H3/t24-;/m0./s1. The highest BCUT2D eigenvalue weighted by Gasteiger charge is 2.41. The zero-order chi connectivity index (χ0) is 30.6. The number of carbonyl (C=O) groups is 3. The third kappa shape index (κ3) is 10.6. The van der Waals surface area contributed by atoms with Crippen LogP contribution < -0.4 is 10.6 Å². The van der Waals surface area contributed by atoms with E-state index in [9.17, 15) is 27.9 Å². The maximum atomic E-state index is 13.3. The fourth-order valence-corrected chi connectivity index (χ4v) is 6.04. The molecule has 0 aromatic heterocycles. The average molecular weight is 589 g/mol. The number of aliphatic hydroxyl groups excluding tert-OH is 1. The third-order valence-electron chi connectivity index (χ3n) is 7.43. The molecule has 0 heterocycles. The summed E-state index contributed by atoms with van der Waals surface area (Å²) in [5, 5.41) is 23.0. The molecule has 1 saturated carbocycles. The number of amides is 2. The predicted octanol–water partition coefficient (Wildman–Crippen LogP) is 4.44. The molecular formula is C31H44N2O7S. The molecule has 3 rings (SSSR count). The SMILES string of the molecule is CCO.Cc1cccc(C)c1C(=O)Nc1ccc(C[C@H](NC(=O)C2(CCCCS(C)(=O)=O)CCCC2)C(=O)O)cc1. The summed E-state index contributed by atoms with van der Waals surface area (Å²) in [4.78, 5) is 38.1. The molecule has 0 unspecified atom stereocenters. The van der Waals surface area contributed by atoms with E-state index in [1.54, 1.807) is 31.2 Å². The lowest BCUT2D eigenvalue weighted by molar-refractivity contribution is -0.144. The molecule has 0 bridgehead atoms. The van der Waals surface area contributed by atoms with Crippen molar-refractivity contribution >= 4 is 33.3 Å². The molecule has 0 saturated heterocycles. The summed E-state index contributed by atoms with van der Waals surface area (Å²) in [5.41, 5.74) is 3.06. The molecular weight excluding hydrogens is 544 g/mol. The largest absolute Gasteiger partial charge is 0.480 e. The molecule has 2 amide bonds. The van der Waals surface area contributed by atoms with Crippen molar-refractivity contribution < 1.29 is 33.0 Å². The molecule has 1 aliphatic rings. The number of benzene rings is 2. The van der Waals surface area contributed by atoms with Crippen LogP contribution in [0.1, 0.15) is 78.9 Å². The molecule has 2 aromatic carbocycles. The number of carboxylic acids is 1. The van der Waals surface area contributed by atoms with Gasteiger partial charge >= 0.3 is 5.97 Å². The van der Waals surface area contributed by atoms with Gasteiger partial charge in [0.05, 0.1) is 0 Å². The zero-order valence-corrected chi connectivity index (χ0v) is 25.4. The van der Waals surface area contributed by atoms with Crippen molar-refractivity contribution in [2.24, 2.45) is 5.41 Å². The van der Waals surface area contributed by atoms with Crippen LogP contribution in [0.25, 0.3) is 0 Å². The number of carboxylic acid groups (broad SMARTS) is 1. The number of nitrogens with one attached hydrogen (secondary N) is 2. The van der Waals surface area contributed by atoms with Gasteiger partial charge in [0.25, 0.3) is 5.91 Å². The molecule has 0 spiro atoms. The number of aliphatic hydroxyl groups is 1. The monoisotopic (exact) mass is 588 g/mol. The molecule has 1 aliphatic carbocycles. The van der Waals surface area contributed by atoms with Gasteiger partial charge in [-0.25, -0.2) is 13.2 Å². The van der Waals surface area contributed by atoms with E-state index in [1.165, 1.54) is 6.26 Å². The van der Waals surface area contributed by atoms with Gasteiger partial charge in [0, 0.05) is 41.7 Å². The van der Waals surface area contributed by atoms with Gasteiger partial charge in [-0.3, -0.25) is 9.59 Å². The van der Waals surface area contributed by atoms with Gasteiger partial charge in [-0.1, -0.05) is 49.6 Å². The molecule has 0 radical (unpaired) electrons. The Balaban J connectivity index is 0.00000187. The number of hydrogen-bond acceptors (Lipinski definition) is 6. The van der Waals surface area contributed by atoms with Crippen LogP contribution in [0.15, 0.2) is 42.5 Å². The van der Waals surface area contributed by atoms with Crippen molar-refractivity contribution in [3.05, 3.63) is 64.7 Å². The first-order chi connectivity index (χ1) is 19.3. The van der Waals surface area contributed by atoms with Crippen molar-refractivity contribution in [2.75, 3.05) is 23.9 Å². The van der Waals surface area contributed by atoms with E-state index < -0.39 is 27.3 Å². The van der Waals surface area contributed by atoms with E-state index >= 15 is 0 Å². The van der Waals surface area contributed by atoms with Crippen molar-refractivity contribution in [1.82, 2.24) is 5.32 Å². The highest BCUT2D eigenvalue weighted by Crippen LogP contribution is 2.42. The lowest BCUT2D eigenvalue weighted by atomic mass is 9.80. The number of unbranched alkanes of at least 4 members (excludes halogenated alkanes) is 1. The summed E-state index contributed by atoms with van der Waals surface area (Å²) in [6, 6.07) is 11.5. The van der Waals surface area contributed by atoms with Gasteiger partial charge < -0.3 is 20.8 Å². The Hall–Kier alpha value is -3.24. The van der Waals surface area contributed by atoms with Crippen molar-refractivity contribution in [3.63, 3.8) is 0 Å². The Morgan fingerprint density at radius 2 is 1.54 bits per heavy atom. The second-order valence-corrected chi connectivity index (χ2v) is 13.1. The van der Waals surface area contributed by atoms with Crippen LogP contribution in [0.4, 0.5) is 5.69 Å². The quantitative estimate of drug-likeness (QED) is 0.268. The molecule has 41 heavy (non-hydrogen) atoms. The van der Waals surface area contributed by atoms with E-state index in [0.29, 0.717) is 43.4 Å². The number of aryl methyl sites for hydroxylation is 2. The highest BCUT2D eigenvalue weighted by molar-refractivity contribution is 7.90. The van der Waals surface area contributed by atoms with Gasteiger partial charge in [-0.2, -0.15) is 0 Å². The van der Waals surface area contributed by atoms with Gasteiger partial charge in [0.15, 0.2) is 0 Å². The summed E-state index contributed by atoms with van der Waals surface area (Å²) in [5.74, 6) is -1.50. The molecule has 4 N–H and O–H groups in total. The summed E-state index contributed by atoms with van der Waals surface area (Å²) in [6.45, 7) is 5.70. The average Bonchev–Trinajstić information content (AvgIpc) is 3.37. The van der Waals surface area contributed by atoms with Crippen LogP contribution in [0.5, 0.6) is 0 Å². The first kappa shape index (κ1) is 34.0. The summed E-state index contributed by atoms with van der Waals surface area (Å²) in [7, 11) is -3.05. The van der Waals surface area contributed by atoms with Crippen LogP contribution in [0.2, 0.25) is 0 Å².